The summed E-state index contributed by atoms with van der Waals surface area (Å²) in [5, 5.41) is 6.23. The number of carbonyl (C=O) groups excluding carboxylic acids is 1. The molecular formula is C13H17N3OS. The fourth-order valence-electron chi connectivity index (χ4n) is 1.74. The molecule has 2 rings (SSSR count). The highest BCUT2D eigenvalue weighted by atomic mass is 32.1. The van der Waals surface area contributed by atoms with Crippen molar-refractivity contribution in [3.63, 3.8) is 0 Å². The summed E-state index contributed by atoms with van der Waals surface area (Å²) in [5.41, 5.74) is 1.20. The monoisotopic (exact) mass is 263 g/mol. The first-order valence-corrected chi connectivity index (χ1v) is 6.77. The second-order valence-electron chi connectivity index (χ2n) is 4.38. The van der Waals surface area contributed by atoms with Crippen molar-refractivity contribution in [2.75, 3.05) is 13.6 Å². The van der Waals surface area contributed by atoms with Crippen LogP contribution in [-0.4, -0.2) is 34.1 Å². The maximum Gasteiger partial charge on any atom is 0.169 e. The van der Waals surface area contributed by atoms with Gasteiger partial charge >= 0.3 is 0 Å². The van der Waals surface area contributed by atoms with Crippen LogP contribution in [0, 0.1) is 0 Å². The van der Waals surface area contributed by atoms with Crippen molar-refractivity contribution < 1.29 is 4.79 Å². The Hall–Kier alpha value is -1.46. The van der Waals surface area contributed by atoms with E-state index in [9.17, 15) is 4.79 Å². The summed E-state index contributed by atoms with van der Waals surface area (Å²) in [6.07, 6.45) is 3.75. The Bertz CT molecular complexity index is 504. The maximum atomic E-state index is 11.2. The molecule has 2 aromatic heterocycles. The van der Waals surface area contributed by atoms with Crippen molar-refractivity contribution in [3.05, 3.63) is 40.3 Å². The quantitative estimate of drug-likeness (QED) is 0.750. The molecule has 0 aliphatic rings. The number of aromatic nitrogens is 2. The summed E-state index contributed by atoms with van der Waals surface area (Å²) >= 11 is 1.52. The molecule has 4 nitrogen and oxygen atoms in total. The predicted octanol–water partition coefficient (Wildman–Crippen LogP) is 2.28. The van der Waals surface area contributed by atoms with E-state index in [4.69, 9.17) is 0 Å². The minimum absolute atomic E-state index is 0.144. The molecule has 2 heterocycles. The molecule has 0 amide bonds. The molecule has 0 saturated carbocycles. The smallest absolute Gasteiger partial charge is 0.169 e. The second kappa shape index (κ2) is 5.93. The highest BCUT2D eigenvalue weighted by molar-refractivity contribution is 7.12. The third kappa shape index (κ3) is 3.51. The lowest BCUT2D eigenvalue weighted by Crippen LogP contribution is -2.22. The van der Waals surface area contributed by atoms with Gasteiger partial charge in [0.05, 0.1) is 11.4 Å². The van der Waals surface area contributed by atoms with Crippen LogP contribution in [0.5, 0.6) is 0 Å². The lowest BCUT2D eigenvalue weighted by molar-refractivity contribution is 0.102. The summed E-state index contributed by atoms with van der Waals surface area (Å²) in [7, 11) is 2.08. The van der Waals surface area contributed by atoms with Crippen molar-refractivity contribution >= 4 is 17.1 Å². The number of hydrogen-bond acceptors (Lipinski definition) is 4. The zero-order valence-electron chi connectivity index (χ0n) is 10.7. The Kier molecular flexibility index (Phi) is 4.28. The van der Waals surface area contributed by atoms with Gasteiger partial charge in [-0.05, 0) is 37.0 Å². The molecule has 2 aromatic rings. The van der Waals surface area contributed by atoms with Crippen LogP contribution in [-0.2, 0) is 13.1 Å². The molecule has 0 aliphatic heterocycles. The number of thiophene rings is 1. The van der Waals surface area contributed by atoms with Gasteiger partial charge < -0.3 is 4.90 Å². The summed E-state index contributed by atoms with van der Waals surface area (Å²) in [6.45, 7) is 4.29. The second-order valence-corrected chi connectivity index (χ2v) is 5.29. The molecule has 5 heteroatoms. The average molecular weight is 263 g/mol. The van der Waals surface area contributed by atoms with E-state index in [0.29, 0.717) is 0 Å². The molecular weight excluding hydrogens is 246 g/mol. The third-order valence-corrected chi connectivity index (χ3v) is 3.80. The summed E-state index contributed by atoms with van der Waals surface area (Å²) in [6, 6.07) is 3.91. The molecule has 0 bridgehead atoms. The van der Waals surface area contributed by atoms with Gasteiger partial charge in [0.25, 0.3) is 0 Å². The molecule has 0 unspecified atom stereocenters. The van der Waals surface area contributed by atoms with Gasteiger partial charge in [-0.1, -0.05) is 0 Å². The van der Waals surface area contributed by atoms with Crippen LogP contribution >= 0.6 is 11.3 Å². The number of carbonyl (C=O) groups is 1. The number of likely N-dealkylation sites (N-methyl/N-ethyl adjacent to an activating group) is 1. The van der Waals surface area contributed by atoms with Crippen LogP contribution < -0.4 is 0 Å². The normalized spacial score (nSPS) is 11.1. The van der Waals surface area contributed by atoms with E-state index in [0.717, 1.165) is 24.5 Å². The SMILES string of the molecule is CC(=O)c1cc(CN(C)CCn2cccn2)cs1. The Labute approximate surface area is 111 Å². The fourth-order valence-corrected chi connectivity index (χ4v) is 2.55. The molecule has 0 radical (unpaired) electrons. The van der Waals surface area contributed by atoms with E-state index in [-0.39, 0.29) is 5.78 Å². The molecule has 0 spiro atoms. The Balaban J connectivity index is 1.82. The van der Waals surface area contributed by atoms with E-state index < -0.39 is 0 Å². The molecule has 18 heavy (non-hydrogen) atoms. The highest BCUT2D eigenvalue weighted by Gasteiger charge is 2.06. The average Bonchev–Trinajstić information content (AvgIpc) is 2.96. The van der Waals surface area contributed by atoms with Gasteiger partial charge in [-0.2, -0.15) is 5.10 Å². The van der Waals surface area contributed by atoms with Crippen LogP contribution in [0.1, 0.15) is 22.2 Å². The molecule has 0 saturated heterocycles. The summed E-state index contributed by atoms with van der Waals surface area (Å²) in [5.74, 6) is 0.144. The molecule has 0 aromatic carbocycles. The van der Waals surface area contributed by atoms with Crippen molar-refractivity contribution in [2.45, 2.75) is 20.0 Å². The number of hydrogen-bond donors (Lipinski definition) is 0. The van der Waals surface area contributed by atoms with Crippen molar-refractivity contribution in [1.29, 1.82) is 0 Å². The van der Waals surface area contributed by atoms with Gasteiger partial charge in [0, 0.05) is 25.5 Å². The summed E-state index contributed by atoms with van der Waals surface area (Å²) in [4.78, 5) is 14.3. The minimum atomic E-state index is 0.144. The first kappa shape index (κ1) is 13.0. The van der Waals surface area contributed by atoms with Gasteiger partial charge in [-0.3, -0.25) is 9.48 Å². The van der Waals surface area contributed by atoms with E-state index in [1.54, 1.807) is 13.1 Å². The van der Waals surface area contributed by atoms with Crippen LogP contribution in [0.3, 0.4) is 0 Å². The van der Waals surface area contributed by atoms with E-state index in [2.05, 4.69) is 22.4 Å². The van der Waals surface area contributed by atoms with Crippen LogP contribution in [0.15, 0.2) is 29.9 Å². The largest absolute Gasteiger partial charge is 0.300 e. The highest BCUT2D eigenvalue weighted by Crippen LogP contribution is 2.16. The third-order valence-electron chi connectivity index (χ3n) is 2.72. The molecule has 0 N–H and O–H groups in total. The van der Waals surface area contributed by atoms with Gasteiger partial charge in [0.2, 0.25) is 0 Å². The van der Waals surface area contributed by atoms with Gasteiger partial charge in [0.1, 0.15) is 0 Å². The first-order chi connectivity index (χ1) is 8.65. The zero-order valence-corrected chi connectivity index (χ0v) is 11.5. The zero-order chi connectivity index (χ0) is 13.0. The van der Waals surface area contributed by atoms with Gasteiger partial charge in [-0.25, -0.2) is 0 Å². The topological polar surface area (TPSA) is 38.1 Å². The van der Waals surface area contributed by atoms with Crippen molar-refractivity contribution in [2.24, 2.45) is 0 Å². The maximum absolute atomic E-state index is 11.2. The van der Waals surface area contributed by atoms with Crippen molar-refractivity contribution in [1.82, 2.24) is 14.7 Å². The van der Waals surface area contributed by atoms with Crippen molar-refractivity contribution in [3.8, 4) is 0 Å². The standard InChI is InChI=1S/C13H17N3OS/c1-11(17)13-8-12(10-18-13)9-15(2)6-7-16-5-3-4-14-16/h3-5,8,10H,6-7,9H2,1-2H3. The Morgan fingerprint density at radius 1 is 1.56 bits per heavy atom. The lowest BCUT2D eigenvalue weighted by Gasteiger charge is -2.15. The summed E-state index contributed by atoms with van der Waals surface area (Å²) < 4.78 is 1.92. The fraction of sp³-hybridized carbons (Fsp3) is 0.385. The van der Waals surface area contributed by atoms with Gasteiger partial charge in [0.15, 0.2) is 5.78 Å². The van der Waals surface area contributed by atoms with Crippen LogP contribution in [0.2, 0.25) is 0 Å². The number of rotatable bonds is 6. The number of ketones is 1. The minimum Gasteiger partial charge on any atom is -0.300 e. The lowest BCUT2D eigenvalue weighted by atomic mass is 10.2. The molecule has 0 fully saturated rings. The molecule has 0 atom stereocenters. The number of Topliss-reactive ketones (excluding diaryl/α,β-unsaturated/α-hetero) is 1. The van der Waals surface area contributed by atoms with E-state index in [1.807, 2.05) is 23.0 Å². The van der Waals surface area contributed by atoms with Crippen LogP contribution in [0.25, 0.3) is 0 Å². The first-order valence-electron chi connectivity index (χ1n) is 5.89. The molecule has 0 aliphatic carbocycles. The predicted molar refractivity (Wildman–Crippen MR) is 72.9 cm³/mol. The van der Waals surface area contributed by atoms with E-state index in [1.165, 1.54) is 16.9 Å². The Morgan fingerprint density at radius 2 is 2.39 bits per heavy atom. The number of nitrogens with zero attached hydrogens (tertiary/aromatic N) is 3. The van der Waals surface area contributed by atoms with Crippen LogP contribution in [0.4, 0.5) is 0 Å². The molecule has 96 valence electrons. The van der Waals surface area contributed by atoms with Gasteiger partial charge in [-0.15, -0.1) is 11.3 Å². The van der Waals surface area contributed by atoms with E-state index >= 15 is 0 Å². The Morgan fingerprint density at radius 3 is 3.00 bits per heavy atom.